The summed E-state index contributed by atoms with van der Waals surface area (Å²) in [7, 11) is 0. The fourth-order valence-electron chi connectivity index (χ4n) is 5.58. The van der Waals surface area contributed by atoms with Gasteiger partial charge >= 0.3 is 5.97 Å². The van der Waals surface area contributed by atoms with Gasteiger partial charge in [0.2, 0.25) is 5.79 Å². The van der Waals surface area contributed by atoms with E-state index in [0.717, 1.165) is 44.9 Å². The molecule has 0 aromatic rings. The van der Waals surface area contributed by atoms with Crippen molar-refractivity contribution in [1.29, 1.82) is 0 Å². The van der Waals surface area contributed by atoms with Crippen LogP contribution in [-0.2, 0) is 28.5 Å². The van der Waals surface area contributed by atoms with Crippen LogP contribution in [0.4, 0.5) is 0 Å². The van der Waals surface area contributed by atoms with Crippen LogP contribution in [0.15, 0.2) is 0 Å². The number of carbonyl (C=O) groups excluding carboxylic acids is 2. The van der Waals surface area contributed by atoms with Gasteiger partial charge in [-0.05, 0) is 12.8 Å². The number of Topliss-reactive ketones (excluding diaryl/α,β-unsaturated/α-hetero) is 1. The second kappa shape index (κ2) is 21.0. The number of nitrogens with two attached hydrogens (primary N) is 1. The van der Waals surface area contributed by atoms with Gasteiger partial charge in [-0.25, -0.2) is 0 Å². The summed E-state index contributed by atoms with van der Waals surface area (Å²) in [4.78, 5) is 24.6. The summed E-state index contributed by atoms with van der Waals surface area (Å²) < 4.78 is 21.7. The molecule has 2 heterocycles. The van der Waals surface area contributed by atoms with Gasteiger partial charge in [0.25, 0.3) is 0 Å². The van der Waals surface area contributed by atoms with Crippen LogP contribution in [0.5, 0.6) is 0 Å². The molecule has 2 aliphatic rings. The molecule has 282 valence electrons. The molecular formula is C30H55NO17. The molecule has 0 radical (unpaired) electrons. The van der Waals surface area contributed by atoms with Crippen molar-refractivity contribution in [3.05, 3.63) is 0 Å². The molecule has 2 saturated heterocycles. The molecule has 0 aromatic carbocycles. The number of unbranched alkanes of at least 4 members (excludes halogenated alkanes) is 8. The molecule has 13 N–H and O–H groups in total. The fourth-order valence-corrected chi connectivity index (χ4v) is 5.58. The van der Waals surface area contributed by atoms with E-state index in [4.69, 9.17) is 29.8 Å². The molecule has 0 spiro atoms. The number of ether oxygens (including phenoxy) is 4. The Kier molecular flexibility index (Phi) is 18.7. The van der Waals surface area contributed by atoms with Crippen molar-refractivity contribution in [2.24, 2.45) is 5.73 Å². The second-order valence-corrected chi connectivity index (χ2v) is 12.5. The number of hydrogen-bond donors (Lipinski definition) is 12. The lowest BCUT2D eigenvalue weighted by Crippen LogP contribution is -2.62. The van der Waals surface area contributed by atoms with Gasteiger partial charge in [0.15, 0.2) is 12.1 Å². The first-order valence-corrected chi connectivity index (χ1v) is 16.5. The molecule has 18 nitrogen and oxygen atoms in total. The van der Waals surface area contributed by atoms with E-state index >= 15 is 0 Å². The first kappa shape index (κ1) is 42.7. The van der Waals surface area contributed by atoms with Gasteiger partial charge in [-0.3, -0.25) is 9.59 Å². The van der Waals surface area contributed by atoms with Crippen LogP contribution < -0.4 is 5.73 Å². The standard InChI is InChI=1S/C30H55NO17/c31-21(25(41)22(38)17(36)12-32)16(35)10-8-6-4-2-1-3-5-7-9-11-20(37)45-15-30(28(44)24(40)19(14-34)47-30)48-29-27(43)26(42)23(39)18(13-33)46-29/h17-19,21-29,32-34,36,38-44H,1-15,31H2/t17-,18-,19-,21+,22-,23-,24-,25-,26+,27-,28+,29-,30+/m1/s1. The minimum Gasteiger partial charge on any atom is -0.460 e. The SMILES string of the molecule is N[C@@H](C(=O)CCCCCCCCCCCC(=O)OC[C@@]1(O[C@H]2O[C@H](CO)[C@@H](O)[C@H](O)[C@H]2O)O[C@H](CO)[C@@H](O)[C@@H]1O)[C@@H](O)[C@H](O)[C@H](O)CO. The molecule has 0 aliphatic carbocycles. The lowest BCUT2D eigenvalue weighted by Gasteiger charge is -2.43. The van der Waals surface area contributed by atoms with Crippen LogP contribution in [-0.4, -0.2) is 174 Å². The van der Waals surface area contributed by atoms with E-state index in [1.54, 1.807) is 0 Å². The van der Waals surface area contributed by atoms with E-state index in [1.807, 2.05) is 0 Å². The Morgan fingerprint density at radius 1 is 0.708 bits per heavy atom. The van der Waals surface area contributed by atoms with Crippen molar-refractivity contribution in [3.8, 4) is 0 Å². The second-order valence-electron chi connectivity index (χ2n) is 12.5. The molecule has 0 amide bonds. The number of ketones is 1. The van der Waals surface area contributed by atoms with Crippen molar-refractivity contribution >= 4 is 11.8 Å². The Balaban J connectivity index is 1.67. The van der Waals surface area contributed by atoms with Crippen LogP contribution >= 0.6 is 0 Å². The molecule has 48 heavy (non-hydrogen) atoms. The zero-order chi connectivity index (χ0) is 36.0. The highest BCUT2D eigenvalue weighted by molar-refractivity contribution is 5.84. The average Bonchev–Trinajstić information content (AvgIpc) is 3.32. The fraction of sp³-hybridized carbons (Fsp3) is 0.933. The van der Waals surface area contributed by atoms with Gasteiger partial charge in [-0.2, -0.15) is 0 Å². The van der Waals surface area contributed by atoms with E-state index in [0.29, 0.717) is 12.8 Å². The van der Waals surface area contributed by atoms with Gasteiger partial charge in [-0.15, -0.1) is 0 Å². The Labute approximate surface area is 278 Å². The molecule has 2 aliphatic heterocycles. The maximum atomic E-state index is 12.5. The van der Waals surface area contributed by atoms with E-state index < -0.39 is 117 Å². The Morgan fingerprint density at radius 3 is 1.77 bits per heavy atom. The van der Waals surface area contributed by atoms with E-state index in [2.05, 4.69) is 0 Å². The quantitative estimate of drug-likeness (QED) is 0.0352. The molecule has 0 saturated carbocycles. The van der Waals surface area contributed by atoms with Gasteiger partial charge in [0.05, 0.1) is 25.9 Å². The summed E-state index contributed by atoms with van der Waals surface area (Å²) in [6.45, 7) is -3.04. The topological polar surface area (TPSA) is 320 Å². The van der Waals surface area contributed by atoms with Crippen molar-refractivity contribution in [3.63, 3.8) is 0 Å². The minimum atomic E-state index is -2.32. The van der Waals surface area contributed by atoms with Gasteiger partial charge in [-0.1, -0.05) is 44.9 Å². The monoisotopic (exact) mass is 701 g/mol. The first-order chi connectivity index (χ1) is 22.7. The summed E-state index contributed by atoms with van der Waals surface area (Å²) in [6, 6.07) is -1.36. The van der Waals surface area contributed by atoms with E-state index in [1.165, 1.54) is 0 Å². The van der Waals surface area contributed by atoms with Crippen LogP contribution in [0, 0.1) is 0 Å². The van der Waals surface area contributed by atoms with Crippen molar-refractivity contribution in [2.75, 3.05) is 26.4 Å². The van der Waals surface area contributed by atoms with E-state index in [-0.39, 0.29) is 12.8 Å². The number of hydrogen-bond acceptors (Lipinski definition) is 18. The van der Waals surface area contributed by atoms with Gasteiger partial charge < -0.3 is 80.9 Å². The molecule has 18 heteroatoms. The van der Waals surface area contributed by atoms with Crippen LogP contribution in [0.1, 0.15) is 70.6 Å². The van der Waals surface area contributed by atoms with Crippen LogP contribution in [0.25, 0.3) is 0 Å². The lowest BCUT2D eigenvalue weighted by molar-refractivity contribution is -0.383. The molecule has 13 atom stereocenters. The van der Waals surface area contributed by atoms with Crippen molar-refractivity contribution in [2.45, 2.75) is 150 Å². The lowest BCUT2D eigenvalue weighted by atomic mass is 9.95. The first-order valence-electron chi connectivity index (χ1n) is 16.5. The molecule has 0 bridgehead atoms. The third-order valence-corrected chi connectivity index (χ3v) is 8.76. The number of esters is 1. The van der Waals surface area contributed by atoms with Crippen molar-refractivity contribution < 1.29 is 84.7 Å². The Morgan fingerprint density at radius 2 is 1.25 bits per heavy atom. The maximum absolute atomic E-state index is 12.5. The smallest absolute Gasteiger partial charge is 0.305 e. The highest BCUT2D eigenvalue weighted by Gasteiger charge is 2.59. The van der Waals surface area contributed by atoms with Crippen LogP contribution in [0.3, 0.4) is 0 Å². The third-order valence-electron chi connectivity index (χ3n) is 8.76. The molecule has 2 fully saturated rings. The highest BCUT2D eigenvalue weighted by Crippen LogP contribution is 2.36. The minimum absolute atomic E-state index is 0.0130. The summed E-state index contributed by atoms with van der Waals surface area (Å²) in [6.07, 6.45) is -11.3. The third kappa shape index (κ3) is 11.8. The predicted molar refractivity (Wildman–Crippen MR) is 161 cm³/mol. The number of aliphatic hydroxyl groups is 11. The summed E-state index contributed by atoms with van der Waals surface area (Å²) >= 11 is 0. The van der Waals surface area contributed by atoms with Gasteiger partial charge in [0.1, 0.15) is 67.6 Å². The number of rotatable bonds is 23. The van der Waals surface area contributed by atoms with E-state index in [9.17, 15) is 60.7 Å². The van der Waals surface area contributed by atoms with Crippen molar-refractivity contribution in [1.82, 2.24) is 0 Å². The summed E-state index contributed by atoms with van der Waals surface area (Å²) in [5, 5.41) is 108. The zero-order valence-electron chi connectivity index (χ0n) is 27.0. The normalized spacial score (nSPS) is 33.2. The average molecular weight is 702 g/mol. The molecule has 0 aromatic heterocycles. The summed E-state index contributed by atoms with van der Waals surface area (Å²) in [5.74, 6) is -3.44. The number of aliphatic hydroxyl groups excluding tert-OH is 11. The molecule has 0 unspecified atom stereocenters. The van der Waals surface area contributed by atoms with Gasteiger partial charge in [0, 0.05) is 12.8 Å². The number of carbonyl (C=O) groups is 2. The zero-order valence-corrected chi connectivity index (χ0v) is 27.0. The predicted octanol–water partition coefficient (Wildman–Crippen LogP) is -4.58. The Bertz CT molecular complexity index is 945. The maximum Gasteiger partial charge on any atom is 0.305 e. The molecular weight excluding hydrogens is 646 g/mol. The Hall–Kier alpha value is -1.46. The highest BCUT2D eigenvalue weighted by atomic mass is 16.8. The molecule has 2 rings (SSSR count). The summed E-state index contributed by atoms with van der Waals surface area (Å²) in [5.41, 5.74) is 5.67. The largest absolute Gasteiger partial charge is 0.460 e. The van der Waals surface area contributed by atoms with Crippen LogP contribution in [0.2, 0.25) is 0 Å².